The van der Waals surface area contributed by atoms with Crippen molar-refractivity contribution in [2.75, 3.05) is 45.0 Å². The molecule has 0 aromatic heterocycles. The summed E-state index contributed by atoms with van der Waals surface area (Å²) in [6, 6.07) is 0. The standard InChI is InChI=1S/C15H26O4S/c1-17-8-9-18-6-3-14(16)13-2-7-19-15(12-13)4-10-20-11-5-15/h13H,2-12H2,1H3. The maximum absolute atomic E-state index is 12.3. The van der Waals surface area contributed by atoms with Crippen molar-refractivity contribution in [3.8, 4) is 0 Å². The molecule has 20 heavy (non-hydrogen) atoms. The molecule has 1 atom stereocenters. The Morgan fingerprint density at radius 1 is 1.30 bits per heavy atom. The molecule has 2 aliphatic heterocycles. The van der Waals surface area contributed by atoms with Gasteiger partial charge in [-0.1, -0.05) is 0 Å². The Balaban J connectivity index is 1.72. The third-order valence-electron chi connectivity index (χ3n) is 4.28. The lowest BCUT2D eigenvalue weighted by Crippen LogP contribution is -2.44. The van der Waals surface area contributed by atoms with Gasteiger partial charge in [0.15, 0.2) is 0 Å². The van der Waals surface area contributed by atoms with Crippen molar-refractivity contribution in [3.63, 3.8) is 0 Å². The highest BCUT2D eigenvalue weighted by Crippen LogP contribution is 2.40. The molecule has 0 radical (unpaired) electrons. The predicted octanol–water partition coefficient (Wildman–Crippen LogP) is 2.30. The summed E-state index contributed by atoms with van der Waals surface area (Å²) >= 11 is 2.00. The van der Waals surface area contributed by atoms with E-state index >= 15 is 0 Å². The van der Waals surface area contributed by atoms with Crippen molar-refractivity contribution in [3.05, 3.63) is 0 Å². The monoisotopic (exact) mass is 302 g/mol. The van der Waals surface area contributed by atoms with E-state index in [1.165, 1.54) is 11.5 Å². The Labute approximate surface area is 125 Å². The number of hydrogen-bond acceptors (Lipinski definition) is 5. The molecule has 0 aromatic rings. The molecule has 116 valence electrons. The molecule has 0 amide bonds. The topological polar surface area (TPSA) is 44.8 Å². The quantitative estimate of drug-likeness (QED) is 0.675. The predicted molar refractivity (Wildman–Crippen MR) is 80.3 cm³/mol. The summed E-state index contributed by atoms with van der Waals surface area (Å²) in [5, 5.41) is 0. The number of thioether (sulfide) groups is 1. The van der Waals surface area contributed by atoms with Gasteiger partial charge in [-0.15, -0.1) is 0 Å². The van der Waals surface area contributed by atoms with E-state index in [-0.39, 0.29) is 11.5 Å². The van der Waals surface area contributed by atoms with E-state index in [1.54, 1.807) is 7.11 Å². The van der Waals surface area contributed by atoms with Gasteiger partial charge in [0.05, 0.1) is 25.4 Å². The Morgan fingerprint density at radius 3 is 2.85 bits per heavy atom. The summed E-state index contributed by atoms with van der Waals surface area (Å²) in [4.78, 5) is 12.3. The Bertz CT molecular complexity index is 297. The Kier molecular flexibility index (Phi) is 6.81. The molecule has 0 aromatic carbocycles. The number of hydrogen-bond donors (Lipinski definition) is 0. The van der Waals surface area contributed by atoms with Crippen LogP contribution in [0.25, 0.3) is 0 Å². The van der Waals surface area contributed by atoms with Crippen LogP contribution >= 0.6 is 11.8 Å². The third-order valence-corrected chi connectivity index (χ3v) is 5.26. The van der Waals surface area contributed by atoms with Crippen molar-refractivity contribution >= 4 is 17.5 Å². The first-order valence-corrected chi connectivity index (χ1v) is 8.72. The van der Waals surface area contributed by atoms with Gasteiger partial charge in [-0.3, -0.25) is 4.79 Å². The summed E-state index contributed by atoms with van der Waals surface area (Å²) in [5.74, 6) is 2.86. The fourth-order valence-corrected chi connectivity index (χ4v) is 4.25. The highest BCUT2D eigenvalue weighted by Gasteiger charge is 2.40. The second-order valence-electron chi connectivity index (χ2n) is 5.66. The highest BCUT2D eigenvalue weighted by atomic mass is 32.2. The van der Waals surface area contributed by atoms with Crippen LogP contribution < -0.4 is 0 Å². The van der Waals surface area contributed by atoms with Crippen LogP contribution in [0.2, 0.25) is 0 Å². The minimum atomic E-state index is 0.000729. The van der Waals surface area contributed by atoms with E-state index in [0.29, 0.717) is 32.0 Å². The number of carbonyl (C=O) groups excluding carboxylic acids is 1. The number of ether oxygens (including phenoxy) is 3. The lowest BCUT2D eigenvalue weighted by Gasteiger charge is -2.43. The van der Waals surface area contributed by atoms with Crippen LogP contribution in [0.15, 0.2) is 0 Å². The fourth-order valence-electron chi connectivity index (χ4n) is 3.02. The van der Waals surface area contributed by atoms with Crippen LogP contribution in [0.1, 0.15) is 32.1 Å². The van der Waals surface area contributed by atoms with Gasteiger partial charge in [0.1, 0.15) is 5.78 Å². The zero-order valence-electron chi connectivity index (χ0n) is 12.4. The number of carbonyl (C=O) groups is 1. The van der Waals surface area contributed by atoms with Crippen LogP contribution in [0.4, 0.5) is 0 Å². The molecule has 5 heteroatoms. The molecule has 2 saturated heterocycles. The first kappa shape index (κ1) is 16.3. The highest BCUT2D eigenvalue weighted by molar-refractivity contribution is 7.99. The smallest absolute Gasteiger partial charge is 0.138 e. The van der Waals surface area contributed by atoms with Crippen LogP contribution in [0, 0.1) is 5.92 Å². The SMILES string of the molecule is COCCOCCC(=O)C1CCOC2(CCSCC2)C1. The van der Waals surface area contributed by atoms with E-state index in [2.05, 4.69) is 0 Å². The molecule has 1 spiro atoms. The summed E-state index contributed by atoms with van der Waals surface area (Å²) in [6.45, 7) is 2.42. The van der Waals surface area contributed by atoms with Gasteiger partial charge in [-0.2, -0.15) is 11.8 Å². The summed E-state index contributed by atoms with van der Waals surface area (Å²) in [7, 11) is 1.65. The number of methoxy groups -OCH3 is 1. The van der Waals surface area contributed by atoms with E-state index in [0.717, 1.165) is 32.3 Å². The average Bonchev–Trinajstić information content (AvgIpc) is 2.48. The summed E-state index contributed by atoms with van der Waals surface area (Å²) in [5.41, 5.74) is 0.000729. The van der Waals surface area contributed by atoms with E-state index in [9.17, 15) is 4.79 Å². The van der Waals surface area contributed by atoms with Crippen molar-refractivity contribution in [2.45, 2.75) is 37.7 Å². The number of ketones is 1. The average molecular weight is 302 g/mol. The van der Waals surface area contributed by atoms with Crippen LogP contribution in [0.5, 0.6) is 0 Å². The van der Waals surface area contributed by atoms with Gasteiger partial charge in [-0.05, 0) is 37.2 Å². The van der Waals surface area contributed by atoms with Gasteiger partial charge in [0.25, 0.3) is 0 Å². The van der Waals surface area contributed by atoms with Crippen LogP contribution in [-0.2, 0) is 19.0 Å². The second-order valence-corrected chi connectivity index (χ2v) is 6.88. The van der Waals surface area contributed by atoms with Crippen LogP contribution in [-0.4, -0.2) is 56.4 Å². The molecule has 2 fully saturated rings. The normalized spacial score (nSPS) is 25.8. The molecule has 0 N–H and O–H groups in total. The van der Waals surface area contributed by atoms with Gasteiger partial charge in [-0.25, -0.2) is 0 Å². The van der Waals surface area contributed by atoms with Crippen molar-refractivity contribution < 1.29 is 19.0 Å². The maximum atomic E-state index is 12.3. The molecule has 1 unspecified atom stereocenters. The molecular weight excluding hydrogens is 276 g/mol. The summed E-state index contributed by atoms with van der Waals surface area (Å²) in [6.07, 6.45) is 4.53. The van der Waals surface area contributed by atoms with Crippen molar-refractivity contribution in [2.24, 2.45) is 5.92 Å². The molecule has 0 aliphatic carbocycles. The molecular formula is C15H26O4S. The molecule has 4 nitrogen and oxygen atoms in total. The molecule has 2 rings (SSSR count). The van der Waals surface area contributed by atoms with Gasteiger partial charge in [0, 0.05) is 26.1 Å². The number of Topliss-reactive ketones (excluding diaryl/α,β-unsaturated/α-hetero) is 1. The van der Waals surface area contributed by atoms with Gasteiger partial charge < -0.3 is 14.2 Å². The first-order chi connectivity index (χ1) is 9.76. The van der Waals surface area contributed by atoms with Crippen molar-refractivity contribution in [1.29, 1.82) is 0 Å². The number of rotatable bonds is 7. The molecule has 0 bridgehead atoms. The minimum Gasteiger partial charge on any atom is -0.382 e. The minimum absolute atomic E-state index is 0.000729. The zero-order chi connectivity index (χ0) is 14.3. The van der Waals surface area contributed by atoms with Gasteiger partial charge in [0.2, 0.25) is 0 Å². The van der Waals surface area contributed by atoms with Crippen molar-refractivity contribution in [1.82, 2.24) is 0 Å². The maximum Gasteiger partial charge on any atom is 0.138 e. The van der Waals surface area contributed by atoms with Crippen LogP contribution in [0.3, 0.4) is 0 Å². The van der Waals surface area contributed by atoms with E-state index in [4.69, 9.17) is 14.2 Å². The van der Waals surface area contributed by atoms with E-state index < -0.39 is 0 Å². The molecule has 2 heterocycles. The molecule has 0 saturated carbocycles. The molecule has 2 aliphatic rings. The summed E-state index contributed by atoms with van der Waals surface area (Å²) < 4.78 is 16.3. The zero-order valence-corrected chi connectivity index (χ0v) is 13.2. The fraction of sp³-hybridized carbons (Fsp3) is 0.933. The largest absolute Gasteiger partial charge is 0.382 e. The lowest BCUT2D eigenvalue weighted by molar-refractivity contribution is -0.139. The first-order valence-electron chi connectivity index (χ1n) is 7.57. The Hall–Kier alpha value is -0.100. The lowest BCUT2D eigenvalue weighted by atomic mass is 9.79. The Morgan fingerprint density at radius 2 is 2.10 bits per heavy atom. The van der Waals surface area contributed by atoms with E-state index in [1.807, 2.05) is 11.8 Å². The third kappa shape index (κ3) is 4.72. The second kappa shape index (κ2) is 8.37. The van der Waals surface area contributed by atoms with Gasteiger partial charge >= 0.3 is 0 Å².